The van der Waals surface area contributed by atoms with Gasteiger partial charge >= 0.3 is 0 Å². The Morgan fingerprint density at radius 3 is 3.16 bits per heavy atom. The van der Waals surface area contributed by atoms with Crippen molar-refractivity contribution in [3.05, 3.63) is 12.4 Å². The highest BCUT2D eigenvalue weighted by Crippen LogP contribution is 2.24. The molecular formula is C13H22N4O2. The van der Waals surface area contributed by atoms with Gasteiger partial charge in [0.05, 0.1) is 30.6 Å². The second kappa shape index (κ2) is 6.16. The number of rotatable bonds is 6. The van der Waals surface area contributed by atoms with Crippen LogP contribution in [0.25, 0.3) is 0 Å². The van der Waals surface area contributed by atoms with Crippen LogP contribution < -0.4 is 10.6 Å². The summed E-state index contributed by atoms with van der Waals surface area (Å²) in [4.78, 5) is 12.4. The second-order valence-corrected chi connectivity index (χ2v) is 4.90. The highest BCUT2D eigenvalue weighted by molar-refractivity contribution is 5.98. The molecule has 6 heteroatoms. The van der Waals surface area contributed by atoms with E-state index in [0.29, 0.717) is 13.2 Å². The van der Waals surface area contributed by atoms with Crippen molar-refractivity contribution in [2.24, 2.45) is 0 Å². The Kier molecular flexibility index (Phi) is 4.55. The molecule has 1 fully saturated rings. The Hall–Kier alpha value is -1.40. The zero-order valence-corrected chi connectivity index (χ0v) is 11.6. The molecule has 0 aromatic carbocycles. The summed E-state index contributed by atoms with van der Waals surface area (Å²) in [5.74, 6) is 0.0405. The zero-order valence-electron chi connectivity index (χ0n) is 11.6. The molecule has 1 amide bonds. The topological polar surface area (TPSA) is 68.2 Å². The lowest BCUT2D eigenvalue weighted by molar-refractivity contribution is -0.122. The number of anilines is 1. The number of methoxy groups -OCH3 is 1. The molecule has 0 bridgehead atoms. The van der Waals surface area contributed by atoms with Crippen LogP contribution in [0, 0.1) is 0 Å². The number of ether oxygens (including phenoxy) is 1. The molecule has 1 saturated heterocycles. The lowest BCUT2D eigenvalue weighted by Gasteiger charge is -2.26. The third-order valence-electron chi connectivity index (χ3n) is 3.70. The van der Waals surface area contributed by atoms with Crippen LogP contribution >= 0.6 is 0 Å². The predicted molar refractivity (Wildman–Crippen MR) is 73.0 cm³/mol. The molecule has 2 heterocycles. The van der Waals surface area contributed by atoms with Gasteiger partial charge in [-0.1, -0.05) is 6.92 Å². The average molecular weight is 266 g/mol. The maximum atomic E-state index is 12.4. The number of nitrogens with zero attached hydrogens (tertiary/aromatic N) is 2. The van der Waals surface area contributed by atoms with Crippen molar-refractivity contribution in [1.29, 1.82) is 0 Å². The van der Waals surface area contributed by atoms with Crippen molar-refractivity contribution < 1.29 is 9.53 Å². The highest BCUT2D eigenvalue weighted by Gasteiger charge is 2.39. The predicted octanol–water partition coefficient (Wildman–Crippen LogP) is 1.00. The van der Waals surface area contributed by atoms with Crippen LogP contribution in [0.3, 0.4) is 0 Å². The Balaban J connectivity index is 1.96. The van der Waals surface area contributed by atoms with Gasteiger partial charge in [0.2, 0.25) is 5.91 Å². The van der Waals surface area contributed by atoms with Crippen molar-refractivity contribution in [3.8, 4) is 0 Å². The quantitative estimate of drug-likeness (QED) is 0.806. The van der Waals surface area contributed by atoms with E-state index in [1.54, 1.807) is 18.0 Å². The molecule has 0 spiro atoms. The fourth-order valence-electron chi connectivity index (χ4n) is 2.45. The van der Waals surface area contributed by atoms with Gasteiger partial charge in [-0.15, -0.1) is 0 Å². The average Bonchev–Trinajstić information content (AvgIpc) is 3.06. The molecule has 0 saturated carbocycles. The summed E-state index contributed by atoms with van der Waals surface area (Å²) in [6, 6.07) is 0. The molecule has 0 radical (unpaired) electrons. The first-order valence-electron chi connectivity index (χ1n) is 6.78. The van der Waals surface area contributed by atoms with Crippen LogP contribution in [0.1, 0.15) is 26.2 Å². The van der Waals surface area contributed by atoms with Gasteiger partial charge in [0, 0.05) is 13.3 Å². The Labute approximate surface area is 113 Å². The van der Waals surface area contributed by atoms with Gasteiger partial charge in [0.25, 0.3) is 0 Å². The molecule has 0 aliphatic carbocycles. The molecule has 6 nitrogen and oxygen atoms in total. The number of aromatic nitrogens is 2. The zero-order chi connectivity index (χ0) is 13.7. The number of carbonyl (C=O) groups is 1. The van der Waals surface area contributed by atoms with Crippen LogP contribution in [0.4, 0.5) is 5.69 Å². The van der Waals surface area contributed by atoms with Crippen LogP contribution in [0.2, 0.25) is 0 Å². The van der Waals surface area contributed by atoms with Crippen molar-refractivity contribution in [2.75, 3.05) is 25.6 Å². The molecule has 19 heavy (non-hydrogen) atoms. The molecule has 1 aliphatic rings. The Morgan fingerprint density at radius 1 is 1.68 bits per heavy atom. The minimum absolute atomic E-state index is 0.0405. The lowest BCUT2D eigenvalue weighted by atomic mass is 9.93. The Morgan fingerprint density at radius 2 is 2.53 bits per heavy atom. The second-order valence-electron chi connectivity index (χ2n) is 4.90. The lowest BCUT2D eigenvalue weighted by Crippen LogP contribution is -2.50. The number of nitrogens with one attached hydrogen (secondary N) is 2. The van der Waals surface area contributed by atoms with E-state index < -0.39 is 5.54 Å². The summed E-state index contributed by atoms with van der Waals surface area (Å²) in [5.41, 5.74) is 0.330. The van der Waals surface area contributed by atoms with E-state index in [4.69, 9.17) is 4.74 Å². The van der Waals surface area contributed by atoms with Gasteiger partial charge in [-0.05, 0) is 25.8 Å². The van der Waals surface area contributed by atoms with Crippen LogP contribution in [-0.2, 0) is 16.1 Å². The Bertz CT molecular complexity index is 424. The molecule has 1 atom stereocenters. The number of hydrogen-bond donors (Lipinski definition) is 2. The summed E-state index contributed by atoms with van der Waals surface area (Å²) in [6.45, 7) is 4.24. The van der Waals surface area contributed by atoms with Gasteiger partial charge in [-0.3, -0.25) is 9.48 Å². The van der Waals surface area contributed by atoms with Gasteiger partial charge in [0.15, 0.2) is 0 Å². The molecular weight excluding hydrogens is 244 g/mol. The van der Waals surface area contributed by atoms with Crippen molar-refractivity contribution in [1.82, 2.24) is 15.1 Å². The molecule has 1 aliphatic heterocycles. The number of hydrogen-bond acceptors (Lipinski definition) is 4. The summed E-state index contributed by atoms with van der Waals surface area (Å²) in [5, 5.41) is 10.5. The molecule has 2 N–H and O–H groups in total. The molecule has 1 aromatic heterocycles. The van der Waals surface area contributed by atoms with Gasteiger partial charge in [0.1, 0.15) is 0 Å². The van der Waals surface area contributed by atoms with Crippen molar-refractivity contribution in [2.45, 2.75) is 38.3 Å². The fourth-order valence-corrected chi connectivity index (χ4v) is 2.45. The van der Waals surface area contributed by atoms with Gasteiger partial charge in [-0.25, -0.2) is 0 Å². The maximum Gasteiger partial charge on any atom is 0.244 e. The van der Waals surface area contributed by atoms with Crippen LogP contribution in [0.5, 0.6) is 0 Å². The van der Waals surface area contributed by atoms with Gasteiger partial charge in [-0.2, -0.15) is 5.10 Å². The summed E-state index contributed by atoms with van der Waals surface area (Å²) in [7, 11) is 1.66. The third-order valence-corrected chi connectivity index (χ3v) is 3.70. The van der Waals surface area contributed by atoms with E-state index in [0.717, 1.165) is 31.5 Å². The smallest absolute Gasteiger partial charge is 0.244 e. The molecule has 1 aromatic rings. The monoisotopic (exact) mass is 266 g/mol. The molecule has 2 rings (SSSR count). The normalized spacial score (nSPS) is 22.6. The van der Waals surface area contributed by atoms with Crippen LogP contribution in [-0.4, -0.2) is 41.5 Å². The number of carbonyl (C=O) groups excluding carboxylic acids is 1. The molecule has 106 valence electrons. The standard InChI is InChI=1S/C13H22N4O2/c1-3-13(5-4-6-14-13)12(18)16-11-9-15-17(10-11)7-8-19-2/h9-10,14H,3-8H2,1-2H3,(H,16,18). The van der Waals surface area contributed by atoms with Crippen LogP contribution in [0.15, 0.2) is 12.4 Å². The van der Waals surface area contributed by atoms with E-state index in [1.165, 1.54) is 0 Å². The SMILES string of the molecule is CCC1(C(=O)Nc2cnn(CCOC)c2)CCCN1. The third kappa shape index (κ3) is 3.13. The van der Waals surface area contributed by atoms with E-state index in [-0.39, 0.29) is 5.91 Å². The van der Waals surface area contributed by atoms with Crippen molar-refractivity contribution >= 4 is 11.6 Å². The van der Waals surface area contributed by atoms with E-state index >= 15 is 0 Å². The first kappa shape index (κ1) is 14.0. The minimum Gasteiger partial charge on any atom is -0.383 e. The van der Waals surface area contributed by atoms with E-state index in [1.807, 2.05) is 13.1 Å². The van der Waals surface area contributed by atoms with E-state index in [9.17, 15) is 4.79 Å². The number of amides is 1. The van der Waals surface area contributed by atoms with Gasteiger partial charge < -0.3 is 15.4 Å². The van der Waals surface area contributed by atoms with Crippen molar-refractivity contribution in [3.63, 3.8) is 0 Å². The summed E-state index contributed by atoms with van der Waals surface area (Å²) < 4.78 is 6.76. The maximum absolute atomic E-state index is 12.4. The van der Waals surface area contributed by atoms with E-state index in [2.05, 4.69) is 15.7 Å². The first-order chi connectivity index (χ1) is 9.20. The fraction of sp³-hybridized carbons (Fsp3) is 0.692. The summed E-state index contributed by atoms with van der Waals surface area (Å²) in [6.07, 6.45) is 6.25. The summed E-state index contributed by atoms with van der Waals surface area (Å²) >= 11 is 0. The molecule has 1 unspecified atom stereocenters. The minimum atomic E-state index is -0.408. The highest BCUT2D eigenvalue weighted by atomic mass is 16.5. The largest absolute Gasteiger partial charge is 0.383 e. The first-order valence-corrected chi connectivity index (χ1v) is 6.78.